The Kier molecular flexibility index (Phi) is 0.974. The molecule has 0 unspecified atom stereocenters. The van der Waals surface area contributed by atoms with Crippen LogP contribution in [0.5, 0.6) is 0 Å². The summed E-state index contributed by atoms with van der Waals surface area (Å²) in [6, 6.07) is 2.01. The van der Waals surface area contributed by atoms with Crippen LogP contribution in [0, 0.1) is 6.92 Å². The zero-order chi connectivity index (χ0) is 6.97. The summed E-state index contributed by atoms with van der Waals surface area (Å²) in [5.41, 5.74) is 3.18. The van der Waals surface area contributed by atoms with Crippen LogP contribution in [0.1, 0.15) is 5.69 Å². The molecule has 0 aliphatic heterocycles. The minimum Gasteiger partial charge on any atom is -0.257 e. The highest BCUT2D eigenvalue weighted by Crippen LogP contribution is 2.03. The van der Waals surface area contributed by atoms with Crippen molar-refractivity contribution in [3.63, 3.8) is 0 Å². The fourth-order valence-electron chi connectivity index (χ4n) is 0.986. The van der Waals surface area contributed by atoms with Gasteiger partial charge in [0.1, 0.15) is 0 Å². The highest BCUT2D eigenvalue weighted by molar-refractivity contribution is 5.69. The van der Waals surface area contributed by atoms with E-state index in [2.05, 4.69) is 15.0 Å². The van der Waals surface area contributed by atoms with Crippen LogP contribution >= 0.6 is 0 Å². The van der Waals surface area contributed by atoms with Gasteiger partial charge in [0.15, 0.2) is 11.0 Å². The smallest absolute Gasteiger partial charge is 0.240 e. The first-order valence-corrected chi connectivity index (χ1v) is 3.18. The van der Waals surface area contributed by atoms with Gasteiger partial charge in [0.25, 0.3) is 0 Å². The SMILES string of the molecule is Cc1cc2[nH+]c[nH]c2cn1. The lowest BCUT2D eigenvalue weighted by molar-refractivity contribution is -0.344. The molecule has 2 aromatic rings. The molecule has 2 aromatic heterocycles. The molecule has 0 bridgehead atoms. The molecule has 3 heteroatoms. The Balaban J connectivity index is 2.86. The quantitative estimate of drug-likeness (QED) is 0.565. The molecule has 0 aromatic carbocycles. The molecule has 0 aliphatic rings. The second-order valence-electron chi connectivity index (χ2n) is 2.30. The predicted molar refractivity (Wildman–Crippen MR) is 37.4 cm³/mol. The summed E-state index contributed by atoms with van der Waals surface area (Å²) in [5, 5.41) is 0. The number of hydrogen-bond donors (Lipinski definition) is 1. The molecule has 0 fully saturated rings. The summed E-state index contributed by atoms with van der Waals surface area (Å²) >= 11 is 0. The molecule has 2 rings (SSSR count). The number of nitrogens with one attached hydrogen (secondary N) is 2. The minimum atomic E-state index is 1.03. The summed E-state index contributed by atoms with van der Waals surface area (Å²) in [5.74, 6) is 0. The number of nitrogens with zero attached hydrogens (tertiary/aromatic N) is 1. The normalized spacial score (nSPS) is 10.5. The first-order valence-electron chi connectivity index (χ1n) is 3.18. The van der Waals surface area contributed by atoms with Crippen LogP contribution in [0.4, 0.5) is 0 Å². The molecule has 0 amide bonds. The van der Waals surface area contributed by atoms with Crippen molar-refractivity contribution in [3.05, 3.63) is 24.3 Å². The summed E-state index contributed by atoms with van der Waals surface area (Å²) in [4.78, 5) is 10.2. The van der Waals surface area contributed by atoms with E-state index < -0.39 is 0 Å². The number of rotatable bonds is 0. The van der Waals surface area contributed by atoms with Gasteiger partial charge in [-0.3, -0.25) is 4.98 Å². The third kappa shape index (κ3) is 0.673. The van der Waals surface area contributed by atoms with Crippen molar-refractivity contribution >= 4 is 11.0 Å². The van der Waals surface area contributed by atoms with Crippen LogP contribution in [-0.2, 0) is 0 Å². The predicted octanol–water partition coefficient (Wildman–Crippen LogP) is 0.685. The number of aryl methyl sites for hydroxylation is 1. The van der Waals surface area contributed by atoms with E-state index in [4.69, 9.17) is 0 Å². The molecule has 0 radical (unpaired) electrons. The topological polar surface area (TPSA) is 42.8 Å². The van der Waals surface area contributed by atoms with Gasteiger partial charge >= 0.3 is 0 Å². The van der Waals surface area contributed by atoms with E-state index in [1.807, 2.05) is 19.2 Å². The maximum Gasteiger partial charge on any atom is 0.240 e. The molecule has 50 valence electrons. The third-order valence-electron chi connectivity index (χ3n) is 1.50. The summed E-state index contributed by atoms with van der Waals surface area (Å²) < 4.78 is 0. The Labute approximate surface area is 58.1 Å². The molecule has 0 aliphatic carbocycles. The Morgan fingerprint density at radius 3 is 3.40 bits per heavy atom. The molecule has 0 atom stereocenters. The lowest BCUT2D eigenvalue weighted by Crippen LogP contribution is -1.94. The maximum atomic E-state index is 4.13. The van der Waals surface area contributed by atoms with Crippen LogP contribution in [0.2, 0.25) is 0 Å². The molecule has 0 saturated heterocycles. The summed E-state index contributed by atoms with van der Waals surface area (Å²) in [7, 11) is 0. The Morgan fingerprint density at radius 2 is 2.50 bits per heavy atom. The Morgan fingerprint density at radius 1 is 1.60 bits per heavy atom. The van der Waals surface area contributed by atoms with Gasteiger partial charge in [-0.25, -0.2) is 9.97 Å². The summed E-state index contributed by atoms with van der Waals surface area (Å²) in [6.45, 7) is 1.97. The third-order valence-corrected chi connectivity index (χ3v) is 1.50. The number of imidazole rings is 1. The maximum absolute atomic E-state index is 4.13. The van der Waals surface area contributed by atoms with E-state index in [0.717, 1.165) is 16.7 Å². The van der Waals surface area contributed by atoms with E-state index in [-0.39, 0.29) is 0 Å². The number of pyridine rings is 1. The number of hydrogen-bond acceptors (Lipinski definition) is 1. The van der Waals surface area contributed by atoms with Gasteiger partial charge in [-0.2, -0.15) is 0 Å². The van der Waals surface area contributed by atoms with Crippen molar-refractivity contribution in [2.24, 2.45) is 0 Å². The molecule has 2 heterocycles. The highest BCUT2D eigenvalue weighted by atomic mass is 14.9. The van der Waals surface area contributed by atoms with Gasteiger partial charge in [-0.15, -0.1) is 0 Å². The number of aromatic nitrogens is 3. The van der Waals surface area contributed by atoms with E-state index in [9.17, 15) is 0 Å². The lowest BCUT2D eigenvalue weighted by Gasteiger charge is -1.84. The monoisotopic (exact) mass is 134 g/mol. The first kappa shape index (κ1) is 5.41. The van der Waals surface area contributed by atoms with Crippen LogP contribution in [0.3, 0.4) is 0 Å². The van der Waals surface area contributed by atoms with E-state index in [1.54, 1.807) is 6.33 Å². The zero-order valence-electron chi connectivity index (χ0n) is 5.68. The van der Waals surface area contributed by atoms with Gasteiger partial charge < -0.3 is 0 Å². The van der Waals surface area contributed by atoms with Crippen LogP contribution in [0.25, 0.3) is 11.0 Å². The Hall–Kier alpha value is -1.38. The van der Waals surface area contributed by atoms with E-state index >= 15 is 0 Å². The Bertz CT molecular complexity index is 350. The average molecular weight is 134 g/mol. The van der Waals surface area contributed by atoms with Gasteiger partial charge in [0.05, 0.1) is 6.20 Å². The summed E-state index contributed by atoms with van der Waals surface area (Å²) in [6.07, 6.45) is 3.62. The second kappa shape index (κ2) is 1.80. The molecule has 0 spiro atoms. The van der Waals surface area contributed by atoms with Gasteiger partial charge in [0, 0.05) is 11.8 Å². The van der Waals surface area contributed by atoms with Crippen LogP contribution < -0.4 is 4.98 Å². The number of fused-ring (bicyclic) bond motifs is 1. The fraction of sp³-hybridized carbons (Fsp3) is 0.143. The largest absolute Gasteiger partial charge is 0.257 e. The standard InChI is InChI=1S/C7H7N3/c1-5-2-6-7(3-8-5)10-4-9-6/h2-4H,1H3,(H,9,10)/p+1. The van der Waals surface area contributed by atoms with Crippen molar-refractivity contribution < 1.29 is 4.98 Å². The lowest BCUT2D eigenvalue weighted by atomic mass is 10.3. The molecule has 10 heavy (non-hydrogen) atoms. The average Bonchev–Trinajstić information content (AvgIpc) is 2.33. The van der Waals surface area contributed by atoms with Gasteiger partial charge in [-0.1, -0.05) is 0 Å². The van der Waals surface area contributed by atoms with Crippen molar-refractivity contribution in [1.29, 1.82) is 0 Å². The van der Waals surface area contributed by atoms with Crippen LogP contribution in [-0.4, -0.2) is 9.97 Å². The van der Waals surface area contributed by atoms with Crippen molar-refractivity contribution in [1.82, 2.24) is 9.97 Å². The van der Waals surface area contributed by atoms with E-state index in [1.165, 1.54) is 0 Å². The molecule has 2 N–H and O–H groups in total. The number of H-pyrrole nitrogens is 2. The van der Waals surface area contributed by atoms with Crippen molar-refractivity contribution in [2.75, 3.05) is 0 Å². The molecule has 3 nitrogen and oxygen atoms in total. The van der Waals surface area contributed by atoms with Crippen molar-refractivity contribution in [3.8, 4) is 0 Å². The first-order chi connectivity index (χ1) is 4.86. The highest BCUT2D eigenvalue weighted by Gasteiger charge is 1.99. The minimum absolute atomic E-state index is 1.03. The zero-order valence-corrected chi connectivity index (χ0v) is 5.68. The molecular formula is C7H8N3+. The second-order valence-corrected chi connectivity index (χ2v) is 2.30. The van der Waals surface area contributed by atoms with Gasteiger partial charge in [0.2, 0.25) is 6.33 Å². The van der Waals surface area contributed by atoms with Crippen molar-refractivity contribution in [2.45, 2.75) is 6.92 Å². The van der Waals surface area contributed by atoms with E-state index in [0.29, 0.717) is 0 Å². The van der Waals surface area contributed by atoms with Crippen LogP contribution in [0.15, 0.2) is 18.6 Å². The molecule has 0 saturated carbocycles. The fourth-order valence-corrected chi connectivity index (χ4v) is 0.986. The molecular weight excluding hydrogens is 126 g/mol. The van der Waals surface area contributed by atoms with Gasteiger partial charge in [-0.05, 0) is 6.92 Å². The number of aromatic amines is 2.